The Bertz CT molecular complexity index is 339. The molecule has 0 spiro atoms. The second-order valence-corrected chi connectivity index (χ2v) is 3.70. The monoisotopic (exact) mass is 208 g/mol. The molecule has 1 aromatic rings. The quantitative estimate of drug-likeness (QED) is 0.661. The number of hydrogen-bond acceptors (Lipinski definition) is 3. The van der Waals surface area contributed by atoms with Gasteiger partial charge in [0.05, 0.1) is 17.1 Å². The van der Waals surface area contributed by atoms with E-state index in [0.717, 1.165) is 12.8 Å². The Labute approximate surface area is 90.1 Å². The third-order valence-electron chi connectivity index (χ3n) is 2.52. The minimum absolute atomic E-state index is 0.324. The van der Waals surface area contributed by atoms with Crippen molar-refractivity contribution in [3.8, 4) is 0 Å². The molecule has 0 aliphatic rings. The number of nitrogen functional groups attached to an aromatic ring is 3. The highest BCUT2D eigenvalue weighted by atomic mass is 16.3. The van der Waals surface area contributed by atoms with Gasteiger partial charge in [0.2, 0.25) is 0 Å². The molecule has 0 saturated heterocycles. The fourth-order valence-corrected chi connectivity index (χ4v) is 1.50. The first-order chi connectivity index (χ1) is 7.07. The van der Waals surface area contributed by atoms with Gasteiger partial charge in [0.15, 0.2) is 0 Å². The van der Waals surface area contributed by atoms with Crippen molar-refractivity contribution in [3.05, 3.63) is 17.7 Å². The third kappa shape index (κ3) is 2.53. The molecule has 0 bridgehead atoms. The fourth-order valence-electron chi connectivity index (χ4n) is 1.50. The van der Waals surface area contributed by atoms with Crippen molar-refractivity contribution >= 4 is 17.1 Å². The first kappa shape index (κ1) is 11.7. The van der Waals surface area contributed by atoms with Gasteiger partial charge in [-0.05, 0) is 12.5 Å². The second-order valence-electron chi connectivity index (χ2n) is 3.70. The van der Waals surface area contributed by atoms with Crippen LogP contribution in [-0.2, 0) is 5.11 Å². The van der Waals surface area contributed by atoms with Gasteiger partial charge in [0.25, 0.3) is 0 Å². The number of nitrogens with two attached hydrogens (primary N) is 3. The highest BCUT2D eigenvalue weighted by Gasteiger charge is 2.14. The topological polar surface area (TPSA) is 98.0 Å². The first-order valence-corrected chi connectivity index (χ1v) is 5.17. The lowest BCUT2D eigenvalue weighted by atomic mass is 10.0. The molecule has 15 heavy (non-hydrogen) atoms. The largest absolute Gasteiger partial charge is 0.397 e. The number of anilines is 3. The molecule has 0 fully saturated rings. The van der Waals surface area contributed by atoms with E-state index in [0.29, 0.717) is 29.0 Å². The zero-order chi connectivity index (χ0) is 11.4. The predicted molar refractivity (Wildman–Crippen MR) is 62.6 cm³/mol. The molecule has 0 saturated carbocycles. The van der Waals surface area contributed by atoms with Crippen molar-refractivity contribution in [1.29, 1.82) is 0 Å². The van der Waals surface area contributed by atoms with Crippen LogP contribution in [0.5, 0.6) is 0 Å². The van der Waals surface area contributed by atoms with Crippen LogP contribution in [0.25, 0.3) is 0 Å². The van der Waals surface area contributed by atoms with Crippen LogP contribution in [0, 0.1) is 0 Å². The summed E-state index contributed by atoms with van der Waals surface area (Å²) in [6, 6.07) is 3.31. The van der Waals surface area contributed by atoms with Crippen molar-refractivity contribution in [2.24, 2.45) is 0 Å². The van der Waals surface area contributed by atoms with E-state index >= 15 is 0 Å². The number of rotatable bonds is 4. The summed E-state index contributed by atoms with van der Waals surface area (Å²) >= 11 is 0. The molecule has 4 heteroatoms. The lowest BCUT2D eigenvalue weighted by Gasteiger charge is -2.13. The van der Waals surface area contributed by atoms with Gasteiger partial charge in [-0.2, -0.15) is 0 Å². The van der Waals surface area contributed by atoms with Gasteiger partial charge in [-0.1, -0.05) is 25.8 Å². The molecule has 0 heterocycles. The summed E-state index contributed by atoms with van der Waals surface area (Å²) in [5.74, 6) is 0. The molecule has 4 nitrogen and oxygen atoms in total. The summed E-state index contributed by atoms with van der Waals surface area (Å²) in [5.41, 5.74) is 18.7. The van der Waals surface area contributed by atoms with Gasteiger partial charge in [-0.25, -0.2) is 5.11 Å². The summed E-state index contributed by atoms with van der Waals surface area (Å²) in [4.78, 5) is 0. The Morgan fingerprint density at radius 1 is 1.20 bits per heavy atom. The van der Waals surface area contributed by atoms with E-state index in [1.54, 1.807) is 12.1 Å². The van der Waals surface area contributed by atoms with E-state index in [2.05, 4.69) is 0 Å². The summed E-state index contributed by atoms with van der Waals surface area (Å²) in [5, 5.41) is 11.8. The first-order valence-electron chi connectivity index (χ1n) is 5.17. The zero-order valence-electron chi connectivity index (χ0n) is 8.99. The average molecular weight is 208 g/mol. The maximum absolute atomic E-state index is 11.8. The van der Waals surface area contributed by atoms with E-state index < -0.39 is 6.10 Å². The fraction of sp³-hybridized carbons (Fsp3) is 0.455. The Balaban J connectivity index is 2.90. The smallest absolute Gasteiger partial charge is 0.120 e. The molecule has 1 radical (unpaired) electrons. The van der Waals surface area contributed by atoms with E-state index in [-0.39, 0.29) is 0 Å². The molecule has 1 atom stereocenters. The van der Waals surface area contributed by atoms with E-state index in [1.807, 2.05) is 6.92 Å². The van der Waals surface area contributed by atoms with Gasteiger partial charge in [-0.15, -0.1) is 0 Å². The van der Waals surface area contributed by atoms with Crippen LogP contribution >= 0.6 is 0 Å². The Hall–Kier alpha value is -1.42. The van der Waals surface area contributed by atoms with E-state index in [4.69, 9.17) is 17.2 Å². The standard InChI is InChI=1S/C11H18N3O/c1-2-3-4-9(15)7-5-6-8(12)11(14)10(7)13/h5-6,9H,2-4,12-14H2,1H3. The second kappa shape index (κ2) is 4.89. The highest BCUT2D eigenvalue weighted by Crippen LogP contribution is 2.32. The molecule has 1 unspecified atom stereocenters. The normalized spacial score (nSPS) is 12.7. The summed E-state index contributed by atoms with van der Waals surface area (Å²) < 4.78 is 0. The summed E-state index contributed by atoms with van der Waals surface area (Å²) in [7, 11) is 0. The Kier molecular flexibility index (Phi) is 3.80. The molecule has 83 valence electrons. The Morgan fingerprint density at radius 2 is 1.87 bits per heavy atom. The van der Waals surface area contributed by atoms with E-state index in [1.165, 1.54) is 0 Å². The minimum atomic E-state index is -0.798. The average Bonchev–Trinajstić information content (AvgIpc) is 2.23. The summed E-state index contributed by atoms with van der Waals surface area (Å²) in [6.45, 7) is 2.05. The Morgan fingerprint density at radius 3 is 2.47 bits per heavy atom. The van der Waals surface area contributed by atoms with Gasteiger partial charge in [0, 0.05) is 5.56 Å². The maximum atomic E-state index is 11.8. The molecular weight excluding hydrogens is 190 g/mol. The highest BCUT2D eigenvalue weighted by molar-refractivity contribution is 5.79. The van der Waals surface area contributed by atoms with Crippen molar-refractivity contribution in [3.63, 3.8) is 0 Å². The maximum Gasteiger partial charge on any atom is 0.120 e. The molecule has 0 amide bonds. The van der Waals surface area contributed by atoms with Crippen molar-refractivity contribution in [2.45, 2.75) is 32.3 Å². The van der Waals surface area contributed by atoms with Crippen LogP contribution in [0.3, 0.4) is 0 Å². The van der Waals surface area contributed by atoms with Crippen LogP contribution in [0.15, 0.2) is 12.1 Å². The molecular formula is C11H18N3O. The number of hydrogen-bond donors (Lipinski definition) is 3. The predicted octanol–water partition coefficient (Wildman–Crippen LogP) is 2.09. The molecule has 0 aliphatic carbocycles. The minimum Gasteiger partial charge on any atom is -0.397 e. The van der Waals surface area contributed by atoms with E-state index in [9.17, 15) is 5.11 Å². The van der Waals surface area contributed by atoms with Crippen LogP contribution < -0.4 is 17.2 Å². The lowest BCUT2D eigenvalue weighted by molar-refractivity contribution is 0.0797. The van der Waals surface area contributed by atoms with Gasteiger partial charge >= 0.3 is 0 Å². The molecule has 1 rings (SSSR count). The molecule has 0 aliphatic heterocycles. The third-order valence-corrected chi connectivity index (χ3v) is 2.52. The van der Waals surface area contributed by atoms with Crippen LogP contribution in [0.2, 0.25) is 0 Å². The van der Waals surface area contributed by atoms with Gasteiger partial charge < -0.3 is 17.2 Å². The van der Waals surface area contributed by atoms with Crippen LogP contribution in [0.4, 0.5) is 17.1 Å². The SMILES string of the molecule is CCCCC([O])c1ccc(N)c(N)c1N. The van der Waals surface area contributed by atoms with Crippen LogP contribution in [0.1, 0.15) is 37.9 Å². The molecule has 1 aromatic carbocycles. The molecule has 0 aromatic heterocycles. The lowest BCUT2D eigenvalue weighted by Crippen LogP contribution is -2.06. The van der Waals surface area contributed by atoms with Crippen molar-refractivity contribution in [2.75, 3.05) is 17.2 Å². The number of unbranched alkanes of at least 4 members (excludes halogenated alkanes) is 1. The van der Waals surface area contributed by atoms with Crippen molar-refractivity contribution < 1.29 is 5.11 Å². The van der Waals surface area contributed by atoms with Crippen molar-refractivity contribution in [1.82, 2.24) is 0 Å². The van der Waals surface area contributed by atoms with Gasteiger partial charge in [0.1, 0.15) is 6.10 Å². The zero-order valence-corrected chi connectivity index (χ0v) is 8.99. The van der Waals surface area contributed by atoms with Gasteiger partial charge in [-0.3, -0.25) is 0 Å². The number of benzene rings is 1. The summed E-state index contributed by atoms with van der Waals surface area (Å²) in [6.07, 6.45) is 1.69. The molecule has 6 N–H and O–H groups in total. The van der Waals surface area contributed by atoms with Crippen LogP contribution in [-0.4, -0.2) is 0 Å².